The van der Waals surface area contributed by atoms with E-state index in [1.54, 1.807) is 0 Å². The minimum atomic E-state index is 0. The molecular formula is C7H16ClN. The molecule has 1 nitrogen and oxygen atoms in total. The van der Waals surface area contributed by atoms with Crippen LogP contribution in [-0.4, -0.2) is 12.1 Å². The van der Waals surface area contributed by atoms with Gasteiger partial charge in [0.2, 0.25) is 0 Å². The lowest BCUT2D eigenvalue weighted by atomic mass is 9.83. The molecule has 1 heterocycles. The van der Waals surface area contributed by atoms with E-state index in [0.29, 0.717) is 5.54 Å². The molecule has 0 atom stereocenters. The molecule has 0 aromatic heterocycles. The molecule has 0 radical (unpaired) electrons. The van der Waals surface area contributed by atoms with Gasteiger partial charge in [0.15, 0.2) is 0 Å². The Kier molecular flexibility index (Phi) is 3.52. The van der Waals surface area contributed by atoms with E-state index in [1.807, 2.05) is 0 Å². The van der Waals surface area contributed by atoms with Crippen molar-refractivity contribution in [1.29, 1.82) is 0 Å². The summed E-state index contributed by atoms with van der Waals surface area (Å²) in [7, 11) is 0. The fourth-order valence-corrected chi connectivity index (χ4v) is 1.33. The van der Waals surface area contributed by atoms with Gasteiger partial charge in [-0.3, -0.25) is 0 Å². The lowest BCUT2D eigenvalue weighted by molar-refractivity contribution is 0.192. The first-order chi connectivity index (χ1) is 3.83. The van der Waals surface area contributed by atoms with Crippen molar-refractivity contribution in [3.63, 3.8) is 0 Å². The highest BCUT2D eigenvalue weighted by Crippen LogP contribution is 2.25. The van der Waals surface area contributed by atoms with Crippen molar-refractivity contribution in [2.24, 2.45) is 0 Å². The second-order valence-corrected chi connectivity index (χ2v) is 2.66. The van der Waals surface area contributed by atoms with Gasteiger partial charge >= 0.3 is 0 Å². The molecule has 9 heavy (non-hydrogen) atoms. The monoisotopic (exact) mass is 149 g/mol. The maximum atomic E-state index is 3.46. The predicted molar refractivity (Wildman–Crippen MR) is 43.2 cm³/mol. The van der Waals surface area contributed by atoms with Gasteiger partial charge in [-0.2, -0.15) is 0 Å². The van der Waals surface area contributed by atoms with Crippen LogP contribution in [0.3, 0.4) is 0 Å². The Morgan fingerprint density at radius 2 is 1.78 bits per heavy atom. The van der Waals surface area contributed by atoms with Crippen LogP contribution in [0, 0.1) is 0 Å². The van der Waals surface area contributed by atoms with Gasteiger partial charge in [-0.15, -0.1) is 12.4 Å². The molecule has 0 saturated carbocycles. The van der Waals surface area contributed by atoms with Crippen LogP contribution in [-0.2, 0) is 0 Å². The lowest BCUT2D eigenvalue weighted by Gasteiger charge is -2.42. The van der Waals surface area contributed by atoms with Crippen LogP contribution in [0.15, 0.2) is 0 Å². The molecule has 0 amide bonds. The average molecular weight is 150 g/mol. The molecule has 0 spiro atoms. The highest BCUT2D eigenvalue weighted by molar-refractivity contribution is 5.85. The van der Waals surface area contributed by atoms with Crippen LogP contribution in [0.4, 0.5) is 0 Å². The van der Waals surface area contributed by atoms with Crippen molar-refractivity contribution in [1.82, 2.24) is 5.32 Å². The number of rotatable bonds is 2. The molecule has 1 rings (SSSR count). The van der Waals surface area contributed by atoms with Crippen molar-refractivity contribution < 1.29 is 0 Å². The Morgan fingerprint density at radius 1 is 1.33 bits per heavy atom. The van der Waals surface area contributed by atoms with Crippen LogP contribution in [0.1, 0.15) is 33.1 Å². The first-order valence-corrected chi connectivity index (χ1v) is 3.58. The van der Waals surface area contributed by atoms with Gasteiger partial charge in [0, 0.05) is 5.54 Å². The van der Waals surface area contributed by atoms with Gasteiger partial charge in [-0.25, -0.2) is 0 Å². The van der Waals surface area contributed by atoms with Crippen molar-refractivity contribution in [3.05, 3.63) is 0 Å². The third-order valence-corrected chi connectivity index (χ3v) is 2.46. The van der Waals surface area contributed by atoms with Crippen molar-refractivity contribution in [2.75, 3.05) is 6.54 Å². The summed E-state index contributed by atoms with van der Waals surface area (Å²) in [6.45, 7) is 5.76. The average Bonchev–Trinajstić information content (AvgIpc) is 1.67. The molecular weight excluding hydrogens is 134 g/mol. The fraction of sp³-hybridized carbons (Fsp3) is 1.00. The standard InChI is InChI=1S/C7H15N.ClH/c1-3-7(4-2)5-6-8-7;/h8H,3-6H2,1-2H3;1H. The van der Waals surface area contributed by atoms with Gasteiger partial charge in [0.1, 0.15) is 0 Å². The first kappa shape index (κ1) is 9.25. The summed E-state index contributed by atoms with van der Waals surface area (Å²) in [5, 5.41) is 3.46. The number of hydrogen-bond acceptors (Lipinski definition) is 1. The van der Waals surface area contributed by atoms with Gasteiger partial charge in [-0.1, -0.05) is 13.8 Å². The second-order valence-electron chi connectivity index (χ2n) is 2.66. The van der Waals surface area contributed by atoms with Crippen LogP contribution in [0.2, 0.25) is 0 Å². The van der Waals surface area contributed by atoms with Crippen molar-refractivity contribution in [2.45, 2.75) is 38.6 Å². The van der Waals surface area contributed by atoms with Gasteiger partial charge in [0.25, 0.3) is 0 Å². The van der Waals surface area contributed by atoms with E-state index in [9.17, 15) is 0 Å². The summed E-state index contributed by atoms with van der Waals surface area (Å²) >= 11 is 0. The van der Waals surface area contributed by atoms with Crippen molar-refractivity contribution >= 4 is 12.4 Å². The Hall–Kier alpha value is 0.250. The van der Waals surface area contributed by atoms with E-state index in [1.165, 1.54) is 25.8 Å². The molecule has 1 N–H and O–H groups in total. The molecule has 1 fully saturated rings. The second kappa shape index (κ2) is 3.43. The van der Waals surface area contributed by atoms with E-state index < -0.39 is 0 Å². The summed E-state index contributed by atoms with van der Waals surface area (Å²) in [4.78, 5) is 0. The molecule has 2 heteroatoms. The first-order valence-electron chi connectivity index (χ1n) is 3.58. The SMILES string of the molecule is CCC1(CC)CCN1.Cl. The minimum absolute atomic E-state index is 0. The van der Waals surface area contributed by atoms with Crippen molar-refractivity contribution in [3.8, 4) is 0 Å². The molecule has 0 aromatic carbocycles. The van der Waals surface area contributed by atoms with Crippen LogP contribution in [0.25, 0.3) is 0 Å². The molecule has 0 aliphatic carbocycles. The third-order valence-electron chi connectivity index (χ3n) is 2.46. The van der Waals surface area contributed by atoms with E-state index in [2.05, 4.69) is 19.2 Å². The van der Waals surface area contributed by atoms with Crippen LogP contribution in [0.5, 0.6) is 0 Å². The molecule has 0 unspecified atom stereocenters. The molecule has 0 aromatic rings. The summed E-state index contributed by atoms with van der Waals surface area (Å²) in [6, 6.07) is 0. The molecule has 0 bridgehead atoms. The Bertz CT molecular complexity index is 65.5. The smallest absolute Gasteiger partial charge is 0.0188 e. The van der Waals surface area contributed by atoms with E-state index in [0.717, 1.165) is 0 Å². The Balaban J connectivity index is 0.000000640. The zero-order chi connectivity index (χ0) is 6.04. The Morgan fingerprint density at radius 3 is 1.78 bits per heavy atom. The fourth-order valence-electron chi connectivity index (χ4n) is 1.33. The van der Waals surface area contributed by atoms with E-state index >= 15 is 0 Å². The summed E-state index contributed by atoms with van der Waals surface area (Å²) in [5.41, 5.74) is 0.556. The minimum Gasteiger partial charge on any atom is -0.311 e. The van der Waals surface area contributed by atoms with Gasteiger partial charge in [0.05, 0.1) is 0 Å². The normalized spacial score (nSPS) is 22.0. The topological polar surface area (TPSA) is 12.0 Å². The highest BCUT2D eigenvalue weighted by Gasteiger charge is 2.31. The number of hydrogen-bond donors (Lipinski definition) is 1. The van der Waals surface area contributed by atoms with Gasteiger partial charge < -0.3 is 5.32 Å². The number of halogens is 1. The third kappa shape index (κ3) is 1.59. The highest BCUT2D eigenvalue weighted by atomic mass is 35.5. The molecule has 1 aliphatic heterocycles. The van der Waals surface area contributed by atoms with Crippen LogP contribution < -0.4 is 5.32 Å². The van der Waals surface area contributed by atoms with Crippen LogP contribution >= 0.6 is 12.4 Å². The van der Waals surface area contributed by atoms with E-state index in [4.69, 9.17) is 0 Å². The maximum Gasteiger partial charge on any atom is 0.0188 e. The molecule has 1 saturated heterocycles. The number of nitrogens with one attached hydrogen (secondary N) is 1. The molecule has 1 aliphatic rings. The summed E-state index contributed by atoms with van der Waals surface area (Å²) < 4.78 is 0. The Labute approximate surface area is 63.6 Å². The largest absolute Gasteiger partial charge is 0.311 e. The maximum absolute atomic E-state index is 3.46. The quantitative estimate of drug-likeness (QED) is 0.633. The summed E-state index contributed by atoms with van der Waals surface area (Å²) in [5.74, 6) is 0. The zero-order valence-electron chi connectivity index (χ0n) is 6.24. The zero-order valence-corrected chi connectivity index (χ0v) is 7.05. The summed E-state index contributed by atoms with van der Waals surface area (Å²) in [6.07, 6.45) is 3.98. The predicted octanol–water partition coefficient (Wildman–Crippen LogP) is 1.96. The van der Waals surface area contributed by atoms with Gasteiger partial charge in [-0.05, 0) is 25.8 Å². The molecule has 56 valence electrons. The lowest BCUT2D eigenvalue weighted by Crippen LogP contribution is -2.55. The van der Waals surface area contributed by atoms with E-state index in [-0.39, 0.29) is 12.4 Å².